The molecule has 4 amide bonds. The SMILES string of the molecule is O=C1NC(=O)N(Cc2ccco2)C(=O)C1=Cc1cc(Cl)c(O)c(Br)c1. The maximum absolute atomic E-state index is 12.6. The van der Waals surface area contributed by atoms with Crippen LogP contribution in [-0.4, -0.2) is 27.9 Å². The second-order valence-electron chi connectivity index (χ2n) is 5.12. The van der Waals surface area contributed by atoms with Gasteiger partial charge in [0.05, 0.1) is 22.3 Å². The second-order valence-corrected chi connectivity index (χ2v) is 6.38. The van der Waals surface area contributed by atoms with Crippen LogP contribution in [0.3, 0.4) is 0 Å². The van der Waals surface area contributed by atoms with E-state index in [9.17, 15) is 19.5 Å². The van der Waals surface area contributed by atoms with E-state index in [1.807, 2.05) is 0 Å². The molecule has 2 aromatic rings. The summed E-state index contributed by atoms with van der Waals surface area (Å²) in [5, 5.41) is 11.8. The third-order valence-corrected chi connectivity index (χ3v) is 4.32. The Morgan fingerprint density at radius 2 is 2.08 bits per heavy atom. The number of phenols is 1. The van der Waals surface area contributed by atoms with Crippen LogP contribution in [-0.2, 0) is 16.1 Å². The first-order valence-corrected chi connectivity index (χ1v) is 8.13. The van der Waals surface area contributed by atoms with Crippen LogP contribution in [0.4, 0.5) is 4.79 Å². The molecule has 1 aliphatic heterocycles. The van der Waals surface area contributed by atoms with Gasteiger partial charge in [-0.2, -0.15) is 0 Å². The zero-order valence-corrected chi connectivity index (χ0v) is 14.8. The van der Waals surface area contributed by atoms with Crippen LogP contribution >= 0.6 is 27.5 Å². The minimum atomic E-state index is -0.825. The Morgan fingerprint density at radius 1 is 1.32 bits per heavy atom. The number of nitrogens with one attached hydrogen (secondary N) is 1. The summed E-state index contributed by atoms with van der Waals surface area (Å²) in [6, 6.07) is 5.29. The number of furan rings is 1. The summed E-state index contributed by atoms with van der Waals surface area (Å²) in [6.07, 6.45) is 2.70. The van der Waals surface area contributed by atoms with Gasteiger partial charge in [-0.25, -0.2) is 4.79 Å². The number of rotatable bonds is 3. The number of halogens is 2. The van der Waals surface area contributed by atoms with Crippen LogP contribution in [0.1, 0.15) is 11.3 Å². The predicted molar refractivity (Wildman–Crippen MR) is 91.6 cm³/mol. The van der Waals surface area contributed by atoms with Gasteiger partial charge in [0, 0.05) is 0 Å². The van der Waals surface area contributed by atoms with Gasteiger partial charge in [0.1, 0.15) is 17.1 Å². The van der Waals surface area contributed by atoms with E-state index < -0.39 is 17.8 Å². The number of carbonyl (C=O) groups excluding carboxylic acids is 3. The third kappa shape index (κ3) is 3.45. The molecule has 128 valence electrons. The smallest absolute Gasteiger partial charge is 0.331 e. The highest BCUT2D eigenvalue weighted by molar-refractivity contribution is 9.10. The molecule has 2 N–H and O–H groups in total. The van der Waals surface area contributed by atoms with E-state index >= 15 is 0 Å². The number of barbiturate groups is 1. The van der Waals surface area contributed by atoms with Crippen molar-refractivity contribution in [2.24, 2.45) is 0 Å². The number of hydrogen-bond acceptors (Lipinski definition) is 5. The number of hydrogen-bond donors (Lipinski definition) is 2. The topological polar surface area (TPSA) is 99.9 Å². The monoisotopic (exact) mass is 424 g/mol. The van der Waals surface area contributed by atoms with Crippen molar-refractivity contribution in [2.75, 3.05) is 0 Å². The molecule has 1 aromatic heterocycles. The molecule has 0 bridgehead atoms. The Hall–Kier alpha value is -2.58. The fraction of sp³-hybridized carbons (Fsp3) is 0.0625. The van der Waals surface area contributed by atoms with Crippen molar-refractivity contribution in [1.82, 2.24) is 10.2 Å². The highest BCUT2D eigenvalue weighted by Gasteiger charge is 2.36. The zero-order chi connectivity index (χ0) is 18.1. The molecule has 25 heavy (non-hydrogen) atoms. The fourth-order valence-corrected chi connectivity index (χ4v) is 3.05. The quantitative estimate of drug-likeness (QED) is 0.581. The summed E-state index contributed by atoms with van der Waals surface area (Å²) in [5.74, 6) is -1.33. The van der Waals surface area contributed by atoms with Gasteiger partial charge in [-0.05, 0) is 51.8 Å². The van der Waals surface area contributed by atoms with Gasteiger partial charge in [0.2, 0.25) is 0 Å². The van der Waals surface area contributed by atoms with Gasteiger partial charge in [0.25, 0.3) is 11.8 Å². The standard InChI is InChI=1S/C16H10BrClN2O5/c17-11-5-8(6-12(18)13(11)21)4-10-14(22)19-16(24)20(15(10)23)7-9-2-1-3-25-9/h1-6,21H,7H2,(H,19,22,24). The van der Waals surface area contributed by atoms with E-state index in [4.69, 9.17) is 16.0 Å². The second kappa shape index (κ2) is 6.73. The predicted octanol–water partition coefficient (Wildman–Crippen LogP) is 3.06. The lowest BCUT2D eigenvalue weighted by atomic mass is 10.1. The largest absolute Gasteiger partial charge is 0.505 e. The number of imide groups is 2. The molecule has 0 spiro atoms. The molecule has 1 fully saturated rings. The van der Waals surface area contributed by atoms with E-state index in [1.54, 1.807) is 12.1 Å². The summed E-state index contributed by atoms with van der Waals surface area (Å²) in [4.78, 5) is 37.4. The number of amides is 4. The first-order chi connectivity index (χ1) is 11.9. The van der Waals surface area contributed by atoms with Crippen molar-refractivity contribution in [3.8, 4) is 5.75 Å². The number of carbonyl (C=O) groups is 3. The summed E-state index contributed by atoms with van der Waals surface area (Å²) in [7, 11) is 0. The first-order valence-electron chi connectivity index (χ1n) is 6.96. The van der Waals surface area contributed by atoms with Crippen LogP contribution in [0, 0.1) is 0 Å². The molecule has 0 radical (unpaired) electrons. The molecule has 1 aromatic carbocycles. The van der Waals surface area contributed by atoms with E-state index in [-0.39, 0.29) is 22.9 Å². The van der Waals surface area contributed by atoms with Crippen LogP contribution in [0.2, 0.25) is 5.02 Å². The van der Waals surface area contributed by atoms with Gasteiger partial charge < -0.3 is 9.52 Å². The summed E-state index contributed by atoms with van der Waals surface area (Å²) in [6.45, 7) is -0.109. The lowest BCUT2D eigenvalue weighted by Gasteiger charge is -2.25. The van der Waals surface area contributed by atoms with Gasteiger partial charge in [-0.1, -0.05) is 11.6 Å². The Kier molecular flexibility index (Phi) is 4.65. The van der Waals surface area contributed by atoms with Crippen LogP contribution in [0.25, 0.3) is 6.08 Å². The van der Waals surface area contributed by atoms with Crippen molar-refractivity contribution >= 4 is 51.5 Å². The average molecular weight is 426 g/mol. The molecule has 0 aliphatic carbocycles. The normalized spacial score (nSPS) is 16.5. The fourth-order valence-electron chi connectivity index (χ4n) is 2.23. The van der Waals surface area contributed by atoms with Crippen LogP contribution in [0.15, 0.2) is 45.0 Å². The van der Waals surface area contributed by atoms with E-state index in [0.29, 0.717) is 15.8 Å². The molecule has 7 nitrogen and oxygen atoms in total. The highest BCUT2D eigenvalue weighted by atomic mass is 79.9. The molecule has 3 rings (SSSR count). The lowest BCUT2D eigenvalue weighted by molar-refractivity contribution is -0.130. The molecule has 9 heteroatoms. The molecule has 2 heterocycles. The van der Waals surface area contributed by atoms with Crippen molar-refractivity contribution < 1.29 is 23.9 Å². The number of phenolic OH excluding ortho intramolecular Hbond substituents is 1. The van der Waals surface area contributed by atoms with E-state index in [1.165, 1.54) is 24.5 Å². The number of urea groups is 1. The van der Waals surface area contributed by atoms with Crippen molar-refractivity contribution in [1.29, 1.82) is 0 Å². The zero-order valence-electron chi connectivity index (χ0n) is 12.5. The Bertz CT molecular complexity index is 884. The molecular formula is C16H10BrClN2O5. The minimum Gasteiger partial charge on any atom is -0.505 e. The molecular weight excluding hydrogens is 416 g/mol. The number of aromatic hydroxyl groups is 1. The minimum absolute atomic E-state index is 0.0495. The Labute approximate surface area is 155 Å². The van der Waals surface area contributed by atoms with E-state index in [0.717, 1.165) is 4.90 Å². The third-order valence-electron chi connectivity index (χ3n) is 3.43. The maximum Gasteiger partial charge on any atom is 0.331 e. The van der Waals surface area contributed by atoms with E-state index in [2.05, 4.69) is 21.2 Å². The van der Waals surface area contributed by atoms with Crippen molar-refractivity contribution in [3.05, 3.63) is 56.9 Å². The molecule has 1 saturated heterocycles. The van der Waals surface area contributed by atoms with Crippen LogP contribution in [0.5, 0.6) is 5.75 Å². The van der Waals surface area contributed by atoms with Crippen molar-refractivity contribution in [3.63, 3.8) is 0 Å². The molecule has 1 aliphatic rings. The molecule has 0 saturated carbocycles. The summed E-state index contributed by atoms with van der Waals surface area (Å²) >= 11 is 9.01. The Morgan fingerprint density at radius 3 is 2.72 bits per heavy atom. The van der Waals surface area contributed by atoms with Gasteiger partial charge in [-0.15, -0.1) is 0 Å². The van der Waals surface area contributed by atoms with Gasteiger partial charge in [-0.3, -0.25) is 19.8 Å². The van der Waals surface area contributed by atoms with Gasteiger partial charge >= 0.3 is 6.03 Å². The highest BCUT2D eigenvalue weighted by Crippen LogP contribution is 2.34. The van der Waals surface area contributed by atoms with Crippen molar-refractivity contribution in [2.45, 2.75) is 6.54 Å². The average Bonchev–Trinajstić information content (AvgIpc) is 3.06. The first kappa shape index (κ1) is 17.2. The summed E-state index contributed by atoms with van der Waals surface area (Å²) in [5.41, 5.74) is 0.167. The number of benzene rings is 1. The molecule has 0 atom stereocenters. The Balaban J connectivity index is 1.95. The van der Waals surface area contributed by atoms with Crippen LogP contribution < -0.4 is 5.32 Å². The van der Waals surface area contributed by atoms with Gasteiger partial charge in [0.15, 0.2) is 0 Å². The number of nitrogens with zero attached hydrogens (tertiary/aromatic N) is 1. The molecule has 0 unspecified atom stereocenters. The maximum atomic E-state index is 12.6. The summed E-state index contributed by atoms with van der Waals surface area (Å²) < 4.78 is 5.43. The lowest BCUT2D eigenvalue weighted by Crippen LogP contribution is -2.53.